The van der Waals surface area contributed by atoms with E-state index in [1.807, 2.05) is 42.5 Å². The first-order chi connectivity index (χ1) is 14.5. The van der Waals surface area contributed by atoms with Crippen molar-refractivity contribution in [1.29, 1.82) is 0 Å². The Balaban J connectivity index is 1.42. The summed E-state index contributed by atoms with van der Waals surface area (Å²) < 4.78 is 0. The van der Waals surface area contributed by atoms with E-state index in [9.17, 15) is 19.7 Å². The van der Waals surface area contributed by atoms with E-state index >= 15 is 0 Å². The predicted molar refractivity (Wildman–Crippen MR) is 117 cm³/mol. The van der Waals surface area contributed by atoms with Crippen LogP contribution in [0.25, 0.3) is 10.8 Å². The van der Waals surface area contributed by atoms with Crippen molar-refractivity contribution in [2.75, 3.05) is 5.32 Å². The van der Waals surface area contributed by atoms with Gasteiger partial charge in [0.05, 0.1) is 10.6 Å². The molecule has 1 aliphatic heterocycles. The molecule has 9 heteroatoms. The number of carbonyl (C=O) groups is 2. The van der Waals surface area contributed by atoms with E-state index in [1.165, 1.54) is 36.0 Å². The fourth-order valence-electron chi connectivity index (χ4n) is 3.05. The molecule has 0 aliphatic carbocycles. The first kappa shape index (κ1) is 19.6. The van der Waals surface area contributed by atoms with Gasteiger partial charge in [-0.1, -0.05) is 48.2 Å². The number of carbonyl (C=O) groups excluding carboxylic acids is 2. The van der Waals surface area contributed by atoms with E-state index < -0.39 is 10.2 Å². The number of amidine groups is 1. The van der Waals surface area contributed by atoms with Gasteiger partial charge in [-0.3, -0.25) is 19.7 Å². The zero-order valence-corrected chi connectivity index (χ0v) is 16.4. The lowest BCUT2D eigenvalue weighted by Crippen LogP contribution is -2.28. The Bertz CT molecular complexity index is 1170. The van der Waals surface area contributed by atoms with E-state index in [4.69, 9.17) is 0 Å². The van der Waals surface area contributed by atoms with Crippen molar-refractivity contribution in [3.63, 3.8) is 0 Å². The first-order valence-electron chi connectivity index (χ1n) is 9.08. The molecule has 2 amide bonds. The van der Waals surface area contributed by atoms with Crippen molar-refractivity contribution in [3.8, 4) is 0 Å². The Morgan fingerprint density at radius 3 is 2.60 bits per heavy atom. The molecule has 0 spiro atoms. The molecule has 8 nitrogen and oxygen atoms in total. The molecule has 0 radical (unpaired) electrons. The van der Waals surface area contributed by atoms with Crippen LogP contribution in [0.3, 0.4) is 0 Å². The first-order valence-corrected chi connectivity index (χ1v) is 9.96. The molecular formula is C21H16N4O4S. The monoisotopic (exact) mass is 420 g/mol. The van der Waals surface area contributed by atoms with Crippen LogP contribution in [0.1, 0.15) is 6.42 Å². The second-order valence-corrected chi connectivity index (χ2v) is 7.76. The summed E-state index contributed by atoms with van der Waals surface area (Å²) in [4.78, 5) is 39.3. The molecule has 30 heavy (non-hydrogen) atoms. The van der Waals surface area contributed by atoms with Crippen molar-refractivity contribution < 1.29 is 14.5 Å². The molecule has 1 saturated heterocycles. The van der Waals surface area contributed by atoms with Crippen LogP contribution < -0.4 is 10.6 Å². The molecule has 0 saturated carbocycles. The lowest BCUT2D eigenvalue weighted by atomic mass is 10.1. The minimum absolute atomic E-state index is 0.0396. The number of rotatable bonds is 5. The normalized spacial score (nSPS) is 17.1. The third-order valence-corrected chi connectivity index (χ3v) is 5.58. The van der Waals surface area contributed by atoms with Crippen LogP contribution in [0, 0.1) is 10.1 Å². The number of thioether (sulfide) groups is 1. The number of benzene rings is 3. The van der Waals surface area contributed by atoms with Gasteiger partial charge in [-0.25, -0.2) is 4.99 Å². The summed E-state index contributed by atoms with van der Waals surface area (Å²) in [6, 6.07) is 19.1. The smallest absolute Gasteiger partial charge is 0.269 e. The molecule has 1 unspecified atom stereocenters. The quantitative estimate of drug-likeness (QED) is 0.478. The summed E-state index contributed by atoms with van der Waals surface area (Å²) in [6.45, 7) is 0. The van der Waals surface area contributed by atoms with Crippen LogP contribution in [0.15, 0.2) is 71.7 Å². The molecule has 4 rings (SSSR count). The van der Waals surface area contributed by atoms with Gasteiger partial charge in [0.1, 0.15) is 5.25 Å². The molecule has 0 aromatic heterocycles. The number of nitrogens with one attached hydrogen (secondary N) is 2. The molecule has 0 bridgehead atoms. The fourth-order valence-corrected chi connectivity index (χ4v) is 4.04. The highest BCUT2D eigenvalue weighted by molar-refractivity contribution is 8.15. The highest BCUT2D eigenvalue weighted by Gasteiger charge is 2.32. The largest absolute Gasteiger partial charge is 0.326 e. The zero-order chi connectivity index (χ0) is 21.1. The van der Waals surface area contributed by atoms with E-state index in [0.29, 0.717) is 10.9 Å². The van der Waals surface area contributed by atoms with Crippen LogP contribution >= 0.6 is 11.8 Å². The van der Waals surface area contributed by atoms with Gasteiger partial charge in [0.25, 0.3) is 5.69 Å². The van der Waals surface area contributed by atoms with Gasteiger partial charge in [-0.15, -0.1) is 0 Å². The minimum Gasteiger partial charge on any atom is -0.326 e. The zero-order valence-electron chi connectivity index (χ0n) is 15.6. The number of amides is 2. The topological polar surface area (TPSA) is 114 Å². The number of nitrogens with zero attached hydrogens (tertiary/aromatic N) is 2. The van der Waals surface area contributed by atoms with Gasteiger partial charge in [-0.05, 0) is 23.6 Å². The molecule has 1 heterocycles. The number of anilines is 1. The summed E-state index contributed by atoms with van der Waals surface area (Å²) in [5, 5.41) is 17.9. The highest BCUT2D eigenvalue weighted by Crippen LogP contribution is 2.30. The molecule has 3 aromatic rings. The number of hydrogen-bond donors (Lipinski definition) is 2. The van der Waals surface area contributed by atoms with Gasteiger partial charge >= 0.3 is 0 Å². The van der Waals surface area contributed by atoms with Gasteiger partial charge < -0.3 is 10.6 Å². The maximum Gasteiger partial charge on any atom is 0.269 e. The Morgan fingerprint density at radius 2 is 1.83 bits per heavy atom. The van der Waals surface area contributed by atoms with Crippen molar-refractivity contribution in [1.82, 2.24) is 5.32 Å². The van der Waals surface area contributed by atoms with Crippen molar-refractivity contribution >= 4 is 56.6 Å². The third-order valence-electron chi connectivity index (χ3n) is 4.50. The Morgan fingerprint density at radius 1 is 1.10 bits per heavy atom. The Kier molecular flexibility index (Phi) is 5.44. The third kappa shape index (κ3) is 4.31. The van der Waals surface area contributed by atoms with Gasteiger partial charge in [0.2, 0.25) is 11.8 Å². The predicted octanol–water partition coefficient (Wildman–Crippen LogP) is 4.00. The van der Waals surface area contributed by atoms with Gasteiger partial charge in [-0.2, -0.15) is 0 Å². The SMILES string of the molecule is O=C(CC1SC(=Nc2cccc3ccccc23)NC1=O)Nc1ccc([N+](=O)[O-])cc1. The molecule has 1 atom stereocenters. The summed E-state index contributed by atoms with van der Waals surface area (Å²) in [5.74, 6) is -0.638. The molecule has 2 N–H and O–H groups in total. The second kappa shape index (κ2) is 8.34. The average Bonchev–Trinajstić information content (AvgIpc) is 3.07. The number of nitro benzene ring substituents is 1. The summed E-state index contributed by atoms with van der Waals surface area (Å²) in [5.41, 5.74) is 1.11. The van der Waals surface area contributed by atoms with Crippen LogP contribution in [0.4, 0.5) is 17.1 Å². The number of fused-ring (bicyclic) bond motifs is 1. The lowest BCUT2D eigenvalue weighted by molar-refractivity contribution is -0.384. The Hall–Kier alpha value is -3.72. The van der Waals surface area contributed by atoms with E-state index in [1.54, 1.807) is 0 Å². The van der Waals surface area contributed by atoms with Crippen molar-refractivity contribution in [2.45, 2.75) is 11.7 Å². The summed E-state index contributed by atoms with van der Waals surface area (Å²) in [7, 11) is 0. The molecule has 150 valence electrons. The standard InChI is InChI=1S/C21H16N4O4S/c26-19(22-14-8-10-15(11-9-14)25(28)29)12-18-20(27)24-21(30-18)23-17-7-3-5-13-4-1-2-6-16(13)17/h1-11,18H,12H2,(H,22,26)(H,23,24,27). The molecular weight excluding hydrogens is 404 g/mol. The Labute approximate surface area is 175 Å². The average molecular weight is 420 g/mol. The highest BCUT2D eigenvalue weighted by atomic mass is 32.2. The van der Waals surface area contributed by atoms with E-state index in [-0.39, 0.29) is 23.9 Å². The second-order valence-electron chi connectivity index (χ2n) is 6.57. The van der Waals surface area contributed by atoms with E-state index in [0.717, 1.165) is 16.5 Å². The minimum atomic E-state index is -0.600. The molecule has 1 aliphatic rings. The van der Waals surface area contributed by atoms with E-state index in [2.05, 4.69) is 15.6 Å². The fraction of sp³-hybridized carbons (Fsp3) is 0.0952. The molecule has 1 fully saturated rings. The van der Waals surface area contributed by atoms with Crippen LogP contribution in [0.5, 0.6) is 0 Å². The summed E-state index contributed by atoms with van der Waals surface area (Å²) >= 11 is 1.21. The van der Waals surface area contributed by atoms with Crippen LogP contribution in [-0.2, 0) is 9.59 Å². The molecule has 3 aromatic carbocycles. The van der Waals surface area contributed by atoms with Crippen molar-refractivity contribution in [2.24, 2.45) is 4.99 Å². The van der Waals surface area contributed by atoms with Crippen LogP contribution in [0.2, 0.25) is 0 Å². The van der Waals surface area contributed by atoms with Gasteiger partial charge in [0, 0.05) is 29.6 Å². The maximum absolute atomic E-state index is 12.3. The summed E-state index contributed by atoms with van der Waals surface area (Å²) in [6.07, 6.45) is -0.0396. The van der Waals surface area contributed by atoms with Gasteiger partial charge in [0.15, 0.2) is 5.17 Å². The number of non-ortho nitro benzene ring substituents is 1. The van der Waals surface area contributed by atoms with Crippen LogP contribution in [-0.4, -0.2) is 27.2 Å². The maximum atomic E-state index is 12.3. The van der Waals surface area contributed by atoms with Crippen molar-refractivity contribution in [3.05, 3.63) is 76.8 Å². The number of hydrogen-bond acceptors (Lipinski definition) is 6. The number of aliphatic imine (C=N–C) groups is 1. The number of nitro groups is 1. The lowest BCUT2D eigenvalue weighted by Gasteiger charge is -2.07.